The number of hydrogen-bond donors (Lipinski definition) is 0. The van der Waals surface area contributed by atoms with Crippen LogP contribution in [-0.2, 0) is 4.74 Å². The van der Waals surface area contributed by atoms with Crippen LogP contribution < -0.4 is 0 Å². The molecule has 1 fully saturated rings. The Kier molecular flexibility index (Phi) is 4.58. The third kappa shape index (κ3) is 2.27. The van der Waals surface area contributed by atoms with Crippen LogP contribution in [0, 0.1) is 0 Å². The van der Waals surface area contributed by atoms with Gasteiger partial charge in [0.25, 0.3) is 0 Å². The molecular formula is C7H10Br4O. The third-order valence-corrected chi connectivity index (χ3v) is 7.17. The lowest BCUT2D eigenvalue weighted by molar-refractivity contribution is -0.0408. The molecule has 0 aromatic heterocycles. The number of hydrogen-bond acceptors (Lipinski definition) is 1. The van der Waals surface area contributed by atoms with E-state index in [0.717, 1.165) is 13.0 Å². The Hall–Kier alpha value is 1.88. The van der Waals surface area contributed by atoms with Crippen LogP contribution in [0.15, 0.2) is 0 Å². The van der Waals surface area contributed by atoms with Crippen molar-refractivity contribution >= 4 is 63.7 Å². The van der Waals surface area contributed by atoms with Gasteiger partial charge in [-0.2, -0.15) is 0 Å². The molecule has 0 spiro atoms. The SMILES string of the molecule is CC1(C(Br)Br)OCCC(Br)C1Br. The first kappa shape index (κ1) is 12.0. The standard InChI is InChI=1S/C7H10Br4O/c1-7(6(10)11)5(9)4(8)2-3-12-7/h4-6H,2-3H2,1H3. The van der Waals surface area contributed by atoms with Gasteiger partial charge in [-0.05, 0) is 13.3 Å². The van der Waals surface area contributed by atoms with Crippen molar-refractivity contribution in [1.82, 2.24) is 0 Å². The molecule has 0 aromatic carbocycles. The molecular weight excluding hydrogens is 420 g/mol. The van der Waals surface area contributed by atoms with Gasteiger partial charge in [-0.25, -0.2) is 0 Å². The monoisotopic (exact) mass is 426 g/mol. The topological polar surface area (TPSA) is 9.23 Å². The Labute approximate surface area is 107 Å². The highest BCUT2D eigenvalue weighted by Crippen LogP contribution is 2.41. The van der Waals surface area contributed by atoms with Crippen LogP contribution in [-0.4, -0.2) is 25.6 Å². The maximum absolute atomic E-state index is 5.74. The number of halogens is 4. The molecule has 1 nitrogen and oxygen atoms in total. The predicted octanol–water partition coefficient (Wildman–Crippen LogP) is 3.81. The van der Waals surface area contributed by atoms with E-state index in [-0.39, 0.29) is 9.34 Å². The first-order chi connectivity index (χ1) is 5.48. The molecule has 12 heavy (non-hydrogen) atoms. The molecule has 0 aliphatic carbocycles. The van der Waals surface area contributed by atoms with Crippen molar-refractivity contribution in [2.24, 2.45) is 0 Å². The van der Waals surface area contributed by atoms with Crippen molar-refractivity contribution < 1.29 is 4.74 Å². The van der Waals surface area contributed by atoms with E-state index in [1.165, 1.54) is 0 Å². The Balaban J connectivity index is 2.74. The van der Waals surface area contributed by atoms with Crippen molar-refractivity contribution in [1.29, 1.82) is 0 Å². The first-order valence-electron chi connectivity index (χ1n) is 3.68. The molecule has 1 aliphatic rings. The Bertz CT molecular complexity index is 163. The molecule has 0 aromatic rings. The molecule has 1 saturated heterocycles. The van der Waals surface area contributed by atoms with Gasteiger partial charge in [-0.15, -0.1) is 0 Å². The minimum absolute atomic E-state index is 0.169. The fourth-order valence-electron chi connectivity index (χ4n) is 1.16. The van der Waals surface area contributed by atoms with Gasteiger partial charge >= 0.3 is 0 Å². The molecule has 1 heterocycles. The fourth-order valence-corrected chi connectivity index (χ4v) is 4.08. The van der Waals surface area contributed by atoms with Crippen molar-refractivity contribution in [2.75, 3.05) is 6.61 Å². The lowest BCUT2D eigenvalue weighted by Crippen LogP contribution is -2.52. The summed E-state index contributed by atoms with van der Waals surface area (Å²) in [5, 5.41) is 0. The van der Waals surface area contributed by atoms with Crippen LogP contribution in [0.2, 0.25) is 0 Å². The molecule has 0 saturated carbocycles. The van der Waals surface area contributed by atoms with Crippen LogP contribution in [0.3, 0.4) is 0 Å². The average Bonchev–Trinajstić information content (AvgIpc) is 2.00. The molecule has 0 N–H and O–H groups in total. The van der Waals surface area contributed by atoms with Crippen LogP contribution in [0.25, 0.3) is 0 Å². The number of alkyl halides is 4. The average molecular weight is 430 g/mol. The molecule has 3 atom stereocenters. The van der Waals surface area contributed by atoms with Gasteiger partial charge in [0.15, 0.2) is 0 Å². The zero-order valence-corrected chi connectivity index (χ0v) is 12.9. The van der Waals surface area contributed by atoms with Crippen molar-refractivity contribution in [2.45, 2.75) is 32.3 Å². The summed E-state index contributed by atoms with van der Waals surface area (Å²) in [4.78, 5) is 0.802. The van der Waals surface area contributed by atoms with Crippen LogP contribution in [0.4, 0.5) is 0 Å². The van der Waals surface area contributed by atoms with Gasteiger partial charge in [0, 0.05) is 11.4 Å². The molecule has 0 radical (unpaired) electrons. The van der Waals surface area contributed by atoms with E-state index >= 15 is 0 Å². The molecule has 3 unspecified atom stereocenters. The second-order valence-electron chi connectivity index (χ2n) is 3.04. The van der Waals surface area contributed by atoms with Crippen molar-refractivity contribution in [3.8, 4) is 0 Å². The van der Waals surface area contributed by atoms with Gasteiger partial charge in [0.1, 0.15) is 5.60 Å². The predicted molar refractivity (Wildman–Crippen MR) is 66.0 cm³/mol. The molecule has 72 valence electrons. The number of rotatable bonds is 1. The fraction of sp³-hybridized carbons (Fsp3) is 1.00. The van der Waals surface area contributed by atoms with Crippen molar-refractivity contribution in [3.63, 3.8) is 0 Å². The summed E-state index contributed by atoms with van der Waals surface area (Å²) in [5.41, 5.74) is -0.188. The summed E-state index contributed by atoms with van der Waals surface area (Å²) in [6, 6.07) is 0. The molecule has 0 amide bonds. The van der Waals surface area contributed by atoms with Crippen LogP contribution in [0.1, 0.15) is 13.3 Å². The summed E-state index contributed by atoms with van der Waals surface area (Å²) < 4.78 is 5.91. The van der Waals surface area contributed by atoms with E-state index in [1.54, 1.807) is 0 Å². The summed E-state index contributed by atoms with van der Waals surface area (Å²) >= 11 is 14.3. The maximum atomic E-state index is 5.74. The minimum Gasteiger partial charge on any atom is -0.372 e. The molecule has 1 rings (SSSR count). The molecule has 5 heteroatoms. The van der Waals surface area contributed by atoms with E-state index in [9.17, 15) is 0 Å². The van der Waals surface area contributed by atoms with Crippen LogP contribution >= 0.6 is 63.7 Å². The largest absolute Gasteiger partial charge is 0.372 e. The maximum Gasteiger partial charge on any atom is 0.101 e. The first-order valence-corrected chi connectivity index (χ1v) is 7.35. The van der Waals surface area contributed by atoms with Gasteiger partial charge < -0.3 is 4.74 Å². The normalized spacial score (nSPS) is 43.5. The summed E-state index contributed by atoms with van der Waals surface area (Å²) in [7, 11) is 0. The highest BCUT2D eigenvalue weighted by Gasteiger charge is 2.45. The number of ether oxygens (including phenoxy) is 1. The zero-order valence-electron chi connectivity index (χ0n) is 6.57. The second kappa shape index (κ2) is 4.60. The Morgan fingerprint density at radius 1 is 1.42 bits per heavy atom. The highest BCUT2D eigenvalue weighted by molar-refractivity contribution is 9.24. The lowest BCUT2D eigenvalue weighted by Gasteiger charge is -2.42. The Morgan fingerprint density at radius 2 is 2.00 bits per heavy atom. The van der Waals surface area contributed by atoms with Gasteiger partial charge in [-0.1, -0.05) is 63.7 Å². The summed E-state index contributed by atoms with van der Waals surface area (Å²) in [5.74, 6) is 0. The van der Waals surface area contributed by atoms with Gasteiger partial charge in [0.05, 0.1) is 8.56 Å². The zero-order chi connectivity index (χ0) is 9.35. The van der Waals surface area contributed by atoms with E-state index in [1.807, 2.05) is 0 Å². The molecule has 1 aliphatic heterocycles. The smallest absolute Gasteiger partial charge is 0.101 e. The highest BCUT2D eigenvalue weighted by atomic mass is 79.9. The van der Waals surface area contributed by atoms with Gasteiger partial charge in [0.2, 0.25) is 0 Å². The minimum atomic E-state index is -0.188. The quantitative estimate of drug-likeness (QED) is 0.576. The third-order valence-electron chi connectivity index (χ3n) is 2.11. The lowest BCUT2D eigenvalue weighted by atomic mass is 9.98. The van der Waals surface area contributed by atoms with E-state index in [4.69, 9.17) is 4.74 Å². The van der Waals surface area contributed by atoms with Crippen LogP contribution in [0.5, 0.6) is 0 Å². The summed E-state index contributed by atoms with van der Waals surface area (Å²) in [6.07, 6.45) is 1.05. The summed E-state index contributed by atoms with van der Waals surface area (Å²) in [6.45, 7) is 2.90. The van der Waals surface area contributed by atoms with E-state index in [0.29, 0.717) is 9.65 Å². The van der Waals surface area contributed by atoms with Crippen molar-refractivity contribution in [3.05, 3.63) is 0 Å². The molecule has 0 bridgehead atoms. The van der Waals surface area contributed by atoms with Gasteiger partial charge in [-0.3, -0.25) is 0 Å². The second-order valence-corrected chi connectivity index (χ2v) is 8.26. The van der Waals surface area contributed by atoms with E-state index < -0.39 is 0 Å². The Morgan fingerprint density at radius 3 is 2.42 bits per heavy atom. The van der Waals surface area contributed by atoms with E-state index in [2.05, 4.69) is 70.6 Å².